The quantitative estimate of drug-likeness (QED) is 0.243. The van der Waals surface area contributed by atoms with E-state index in [-0.39, 0.29) is 24.1 Å². The molecule has 0 atom stereocenters. The number of hydrogen-bond acceptors (Lipinski definition) is 6. The first-order valence-electron chi connectivity index (χ1n) is 10.7. The SMILES string of the molecule is CCCCC1CCC(C(=O)Oc2ccc(/C=C(\C#N)C(=O)OCC)cc2OC)CC1. The zero-order valence-electron chi connectivity index (χ0n) is 18.1. The Hall–Kier alpha value is -2.81. The Kier molecular flexibility index (Phi) is 9.40. The van der Waals surface area contributed by atoms with Gasteiger partial charge in [0.25, 0.3) is 0 Å². The lowest BCUT2D eigenvalue weighted by molar-refractivity contribution is -0.140. The van der Waals surface area contributed by atoms with Crippen LogP contribution in [0.15, 0.2) is 23.8 Å². The Labute approximate surface area is 178 Å². The van der Waals surface area contributed by atoms with Crippen LogP contribution in [0.2, 0.25) is 0 Å². The lowest BCUT2D eigenvalue weighted by atomic mass is 9.80. The van der Waals surface area contributed by atoms with Crippen LogP contribution in [0.25, 0.3) is 6.08 Å². The topological polar surface area (TPSA) is 85.6 Å². The molecule has 6 heteroatoms. The van der Waals surface area contributed by atoms with Crippen LogP contribution in [0, 0.1) is 23.2 Å². The third-order valence-corrected chi connectivity index (χ3v) is 5.47. The molecule has 0 heterocycles. The second-order valence-corrected chi connectivity index (χ2v) is 7.58. The number of carbonyl (C=O) groups excluding carboxylic acids is 2. The van der Waals surface area contributed by atoms with Gasteiger partial charge in [-0.3, -0.25) is 4.79 Å². The number of hydrogen-bond donors (Lipinski definition) is 0. The summed E-state index contributed by atoms with van der Waals surface area (Å²) < 4.78 is 15.8. The van der Waals surface area contributed by atoms with Gasteiger partial charge in [0.05, 0.1) is 19.6 Å². The Morgan fingerprint density at radius 3 is 2.50 bits per heavy atom. The fourth-order valence-corrected chi connectivity index (χ4v) is 3.74. The summed E-state index contributed by atoms with van der Waals surface area (Å²) in [7, 11) is 1.48. The standard InChI is InChI=1S/C24H31NO5/c1-4-6-7-17-8-11-19(12-9-17)24(27)30-21-13-10-18(15-22(21)28-3)14-20(16-25)23(26)29-5-2/h10,13-15,17,19H,4-9,11-12H2,1-3H3/b20-14+. The molecule has 162 valence electrons. The molecule has 6 nitrogen and oxygen atoms in total. The molecule has 1 fully saturated rings. The summed E-state index contributed by atoms with van der Waals surface area (Å²) in [5.41, 5.74) is 0.469. The fourth-order valence-electron chi connectivity index (χ4n) is 3.74. The van der Waals surface area contributed by atoms with Crippen molar-refractivity contribution in [3.63, 3.8) is 0 Å². The van der Waals surface area contributed by atoms with E-state index in [1.54, 1.807) is 25.1 Å². The van der Waals surface area contributed by atoms with Crippen LogP contribution in [-0.2, 0) is 14.3 Å². The van der Waals surface area contributed by atoms with Crippen LogP contribution < -0.4 is 9.47 Å². The van der Waals surface area contributed by atoms with E-state index in [2.05, 4.69) is 6.92 Å². The van der Waals surface area contributed by atoms with Gasteiger partial charge in [-0.2, -0.15) is 5.26 Å². The molecule has 1 aliphatic rings. The van der Waals surface area contributed by atoms with Crippen molar-refractivity contribution in [1.82, 2.24) is 0 Å². The molecule has 0 unspecified atom stereocenters. The molecule has 0 N–H and O–H groups in total. The second-order valence-electron chi connectivity index (χ2n) is 7.58. The van der Waals surface area contributed by atoms with Crippen LogP contribution in [0.5, 0.6) is 11.5 Å². The Morgan fingerprint density at radius 2 is 1.90 bits per heavy atom. The first-order valence-corrected chi connectivity index (χ1v) is 10.7. The van der Waals surface area contributed by atoms with Crippen molar-refractivity contribution in [1.29, 1.82) is 5.26 Å². The molecular formula is C24H31NO5. The average molecular weight is 414 g/mol. The summed E-state index contributed by atoms with van der Waals surface area (Å²) in [5, 5.41) is 9.18. The van der Waals surface area contributed by atoms with E-state index < -0.39 is 5.97 Å². The number of methoxy groups -OCH3 is 1. The average Bonchev–Trinajstić information content (AvgIpc) is 2.77. The van der Waals surface area contributed by atoms with Crippen molar-refractivity contribution in [2.24, 2.45) is 11.8 Å². The van der Waals surface area contributed by atoms with Crippen molar-refractivity contribution >= 4 is 18.0 Å². The van der Waals surface area contributed by atoms with Crippen LogP contribution in [0.4, 0.5) is 0 Å². The van der Waals surface area contributed by atoms with Crippen molar-refractivity contribution in [3.8, 4) is 17.6 Å². The van der Waals surface area contributed by atoms with E-state index in [1.807, 2.05) is 6.07 Å². The first-order chi connectivity index (χ1) is 14.5. The minimum atomic E-state index is -0.677. The maximum absolute atomic E-state index is 12.6. The summed E-state index contributed by atoms with van der Waals surface area (Å²) in [4.78, 5) is 24.4. The highest BCUT2D eigenvalue weighted by atomic mass is 16.6. The number of esters is 2. The molecule has 0 amide bonds. The molecule has 1 saturated carbocycles. The van der Waals surface area contributed by atoms with Gasteiger partial charge in [-0.05, 0) is 62.3 Å². The molecule has 0 saturated heterocycles. The highest BCUT2D eigenvalue weighted by Gasteiger charge is 2.28. The third kappa shape index (κ3) is 6.62. The zero-order chi connectivity index (χ0) is 21.9. The maximum Gasteiger partial charge on any atom is 0.348 e. The molecule has 1 aromatic carbocycles. The summed E-state index contributed by atoms with van der Waals surface area (Å²) in [6.07, 6.45) is 9.00. The van der Waals surface area contributed by atoms with Gasteiger partial charge >= 0.3 is 11.9 Å². The first kappa shape index (κ1) is 23.5. The molecule has 2 rings (SSSR count). The van der Waals surface area contributed by atoms with Crippen LogP contribution in [-0.4, -0.2) is 25.7 Å². The predicted molar refractivity (Wildman–Crippen MR) is 114 cm³/mol. The van der Waals surface area contributed by atoms with Crippen LogP contribution in [0.3, 0.4) is 0 Å². The van der Waals surface area contributed by atoms with E-state index in [0.29, 0.717) is 17.1 Å². The molecule has 0 aliphatic heterocycles. The van der Waals surface area contributed by atoms with Crippen LogP contribution >= 0.6 is 0 Å². The number of nitrogens with zero attached hydrogens (tertiary/aromatic N) is 1. The van der Waals surface area contributed by atoms with E-state index in [9.17, 15) is 14.9 Å². The van der Waals surface area contributed by atoms with E-state index in [0.717, 1.165) is 31.6 Å². The zero-order valence-corrected chi connectivity index (χ0v) is 18.1. The number of benzene rings is 1. The molecule has 0 radical (unpaired) electrons. The maximum atomic E-state index is 12.6. The molecule has 1 aromatic rings. The normalized spacial score (nSPS) is 18.9. The van der Waals surface area contributed by atoms with Gasteiger partial charge in [-0.1, -0.05) is 32.3 Å². The molecular weight excluding hydrogens is 382 g/mol. The van der Waals surface area contributed by atoms with Gasteiger partial charge in [0.1, 0.15) is 11.6 Å². The summed E-state index contributed by atoms with van der Waals surface area (Å²) in [5.74, 6) is 0.445. The number of ether oxygens (including phenoxy) is 3. The summed E-state index contributed by atoms with van der Waals surface area (Å²) in [6, 6.07) is 6.76. The predicted octanol–water partition coefficient (Wildman–Crippen LogP) is 5.07. The van der Waals surface area contributed by atoms with Gasteiger partial charge in [-0.15, -0.1) is 0 Å². The van der Waals surface area contributed by atoms with Crippen molar-refractivity contribution in [2.75, 3.05) is 13.7 Å². The minimum absolute atomic E-state index is 0.0823. The van der Waals surface area contributed by atoms with Gasteiger partial charge < -0.3 is 14.2 Å². The molecule has 30 heavy (non-hydrogen) atoms. The van der Waals surface area contributed by atoms with E-state index in [4.69, 9.17) is 14.2 Å². The van der Waals surface area contributed by atoms with E-state index in [1.165, 1.54) is 32.4 Å². The minimum Gasteiger partial charge on any atom is -0.493 e. The lowest BCUT2D eigenvalue weighted by Gasteiger charge is -2.27. The molecule has 0 aromatic heterocycles. The Balaban J connectivity index is 2.04. The Morgan fingerprint density at radius 1 is 1.17 bits per heavy atom. The number of nitriles is 1. The van der Waals surface area contributed by atoms with Gasteiger partial charge in [0, 0.05) is 0 Å². The fraction of sp³-hybridized carbons (Fsp3) is 0.542. The smallest absolute Gasteiger partial charge is 0.348 e. The number of unbranched alkanes of at least 4 members (excludes halogenated alkanes) is 1. The van der Waals surface area contributed by atoms with Crippen molar-refractivity contribution in [3.05, 3.63) is 29.3 Å². The third-order valence-electron chi connectivity index (χ3n) is 5.47. The summed E-state index contributed by atoms with van der Waals surface area (Å²) in [6.45, 7) is 4.07. The van der Waals surface area contributed by atoms with Crippen molar-refractivity contribution in [2.45, 2.75) is 58.8 Å². The van der Waals surface area contributed by atoms with Crippen molar-refractivity contribution < 1.29 is 23.8 Å². The second kappa shape index (κ2) is 12.0. The summed E-state index contributed by atoms with van der Waals surface area (Å²) >= 11 is 0. The van der Waals surface area contributed by atoms with Gasteiger partial charge in [-0.25, -0.2) is 4.79 Å². The Bertz CT molecular complexity index is 800. The molecule has 0 spiro atoms. The van der Waals surface area contributed by atoms with Crippen LogP contribution in [0.1, 0.15) is 64.4 Å². The largest absolute Gasteiger partial charge is 0.493 e. The van der Waals surface area contributed by atoms with E-state index >= 15 is 0 Å². The highest BCUT2D eigenvalue weighted by molar-refractivity contribution is 5.98. The van der Waals surface area contributed by atoms with Gasteiger partial charge in [0.15, 0.2) is 11.5 Å². The number of rotatable bonds is 9. The monoisotopic (exact) mass is 413 g/mol. The lowest BCUT2D eigenvalue weighted by Crippen LogP contribution is -2.25. The van der Waals surface area contributed by atoms with Gasteiger partial charge in [0.2, 0.25) is 0 Å². The molecule has 1 aliphatic carbocycles. The molecule has 0 bridgehead atoms. The highest BCUT2D eigenvalue weighted by Crippen LogP contribution is 2.35. The number of carbonyl (C=O) groups is 2.